The second-order valence-corrected chi connectivity index (χ2v) is 5.74. The molecule has 1 heterocycles. The summed E-state index contributed by atoms with van der Waals surface area (Å²) in [5.41, 5.74) is 0. The smallest absolute Gasteiger partial charge is 0.233 e. The Bertz CT molecular complexity index is 513. The van der Waals surface area contributed by atoms with Crippen LogP contribution in [-0.4, -0.2) is 4.98 Å². The van der Waals surface area contributed by atoms with E-state index in [-0.39, 0.29) is 5.82 Å². The van der Waals surface area contributed by atoms with Gasteiger partial charge in [-0.05, 0) is 72.1 Å². The molecule has 88 valence electrons. The van der Waals surface area contributed by atoms with Gasteiger partial charge in [0, 0.05) is 10.7 Å². The van der Waals surface area contributed by atoms with Crippen molar-refractivity contribution >= 4 is 47.8 Å². The lowest BCUT2D eigenvalue weighted by atomic mass is 10.3. The summed E-state index contributed by atoms with van der Waals surface area (Å²) in [6.45, 7) is 0. The number of aromatic nitrogens is 1. The standard InChI is InChI=1S/C11H5Br3FNO/c12-6-3-9(14)11(16-5-6)17-10-2-1-7(15)4-8(10)13/h1-5H. The van der Waals surface area contributed by atoms with E-state index in [0.717, 1.165) is 4.47 Å². The lowest BCUT2D eigenvalue weighted by Crippen LogP contribution is -1.90. The zero-order valence-corrected chi connectivity index (χ0v) is 13.0. The Morgan fingerprint density at radius 2 is 1.82 bits per heavy atom. The molecule has 2 aromatic rings. The molecule has 0 amide bonds. The summed E-state index contributed by atoms with van der Waals surface area (Å²) in [6, 6.07) is 6.02. The van der Waals surface area contributed by atoms with Gasteiger partial charge in [-0.25, -0.2) is 9.37 Å². The number of ether oxygens (including phenoxy) is 1. The molecule has 6 heteroatoms. The number of rotatable bonds is 2. The van der Waals surface area contributed by atoms with E-state index in [1.165, 1.54) is 18.2 Å². The van der Waals surface area contributed by atoms with Gasteiger partial charge in [0.1, 0.15) is 11.6 Å². The second kappa shape index (κ2) is 5.46. The van der Waals surface area contributed by atoms with Gasteiger partial charge < -0.3 is 4.74 Å². The summed E-state index contributed by atoms with van der Waals surface area (Å²) in [4.78, 5) is 4.11. The van der Waals surface area contributed by atoms with Crippen molar-refractivity contribution in [3.8, 4) is 11.6 Å². The van der Waals surface area contributed by atoms with Crippen LogP contribution in [0.25, 0.3) is 0 Å². The molecular weight excluding hydrogens is 421 g/mol. The summed E-state index contributed by atoms with van der Waals surface area (Å²) in [7, 11) is 0. The lowest BCUT2D eigenvalue weighted by molar-refractivity contribution is 0.455. The largest absolute Gasteiger partial charge is 0.437 e. The molecule has 2 nitrogen and oxygen atoms in total. The van der Waals surface area contributed by atoms with Crippen molar-refractivity contribution in [1.82, 2.24) is 4.98 Å². The minimum Gasteiger partial charge on any atom is -0.437 e. The topological polar surface area (TPSA) is 22.1 Å². The normalized spacial score (nSPS) is 10.4. The van der Waals surface area contributed by atoms with Gasteiger partial charge in [0.05, 0.1) is 8.95 Å². The van der Waals surface area contributed by atoms with Crippen LogP contribution >= 0.6 is 47.8 Å². The number of hydrogen-bond acceptors (Lipinski definition) is 2. The fourth-order valence-electron chi connectivity index (χ4n) is 1.14. The van der Waals surface area contributed by atoms with E-state index < -0.39 is 0 Å². The van der Waals surface area contributed by atoms with Crippen molar-refractivity contribution in [1.29, 1.82) is 0 Å². The molecule has 2 rings (SSSR count). The molecule has 0 aliphatic heterocycles. The third-order valence-electron chi connectivity index (χ3n) is 1.87. The van der Waals surface area contributed by atoms with Crippen molar-refractivity contribution < 1.29 is 9.13 Å². The molecule has 0 spiro atoms. The second-order valence-electron chi connectivity index (χ2n) is 3.12. The molecule has 0 radical (unpaired) electrons. The van der Waals surface area contributed by atoms with Gasteiger partial charge >= 0.3 is 0 Å². The van der Waals surface area contributed by atoms with Crippen molar-refractivity contribution in [3.05, 3.63) is 49.7 Å². The Hall–Kier alpha value is -0.460. The molecule has 17 heavy (non-hydrogen) atoms. The zero-order valence-electron chi connectivity index (χ0n) is 8.25. The molecule has 1 aromatic heterocycles. The molecule has 0 unspecified atom stereocenters. The third-order valence-corrected chi connectivity index (χ3v) is 3.50. The van der Waals surface area contributed by atoms with Crippen LogP contribution in [0.3, 0.4) is 0 Å². The highest BCUT2D eigenvalue weighted by molar-refractivity contribution is 9.11. The number of halogens is 4. The number of nitrogens with zero attached hydrogens (tertiary/aromatic N) is 1. The molecule has 1 aromatic carbocycles. The Labute approximate surface area is 123 Å². The van der Waals surface area contributed by atoms with Gasteiger partial charge in [0.25, 0.3) is 0 Å². The van der Waals surface area contributed by atoms with E-state index in [0.29, 0.717) is 20.6 Å². The van der Waals surface area contributed by atoms with E-state index >= 15 is 0 Å². The van der Waals surface area contributed by atoms with Crippen LogP contribution in [-0.2, 0) is 0 Å². The van der Waals surface area contributed by atoms with Crippen molar-refractivity contribution in [2.45, 2.75) is 0 Å². The molecule has 0 bridgehead atoms. The summed E-state index contributed by atoms with van der Waals surface area (Å²) in [5, 5.41) is 0. The average Bonchev–Trinajstić information content (AvgIpc) is 2.25. The molecule has 0 saturated carbocycles. The Morgan fingerprint density at radius 3 is 2.47 bits per heavy atom. The first-order chi connectivity index (χ1) is 8.06. The molecule has 0 aliphatic carbocycles. The highest BCUT2D eigenvalue weighted by Crippen LogP contribution is 2.33. The maximum atomic E-state index is 12.9. The molecule has 0 atom stereocenters. The zero-order chi connectivity index (χ0) is 12.4. The van der Waals surface area contributed by atoms with Crippen LogP contribution in [0.1, 0.15) is 0 Å². The van der Waals surface area contributed by atoms with E-state index in [1.807, 2.05) is 6.07 Å². The van der Waals surface area contributed by atoms with Crippen LogP contribution in [0.4, 0.5) is 4.39 Å². The minimum atomic E-state index is -0.327. The summed E-state index contributed by atoms with van der Waals surface area (Å²) in [6.07, 6.45) is 1.62. The van der Waals surface area contributed by atoms with E-state index in [1.54, 1.807) is 6.20 Å². The van der Waals surface area contributed by atoms with E-state index in [9.17, 15) is 4.39 Å². The van der Waals surface area contributed by atoms with Gasteiger partial charge in [-0.1, -0.05) is 0 Å². The summed E-state index contributed by atoms with van der Waals surface area (Å²) < 4.78 is 20.5. The average molecular weight is 426 g/mol. The van der Waals surface area contributed by atoms with Gasteiger partial charge in [-0.15, -0.1) is 0 Å². The number of hydrogen-bond donors (Lipinski definition) is 0. The predicted molar refractivity (Wildman–Crippen MR) is 73.8 cm³/mol. The van der Waals surface area contributed by atoms with E-state index in [4.69, 9.17) is 4.74 Å². The van der Waals surface area contributed by atoms with Gasteiger partial charge in [-0.3, -0.25) is 0 Å². The minimum absolute atomic E-state index is 0.327. The van der Waals surface area contributed by atoms with Crippen LogP contribution in [0.15, 0.2) is 43.9 Å². The Balaban J connectivity index is 2.31. The van der Waals surface area contributed by atoms with Crippen molar-refractivity contribution in [2.24, 2.45) is 0 Å². The van der Waals surface area contributed by atoms with Crippen LogP contribution in [0.2, 0.25) is 0 Å². The van der Waals surface area contributed by atoms with Crippen molar-refractivity contribution in [3.63, 3.8) is 0 Å². The maximum Gasteiger partial charge on any atom is 0.233 e. The Morgan fingerprint density at radius 1 is 1.06 bits per heavy atom. The Kier molecular flexibility index (Phi) is 4.17. The van der Waals surface area contributed by atoms with Crippen molar-refractivity contribution in [2.75, 3.05) is 0 Å². The highest BCUT2D eigenvalue weighted by atomic mass is 79.9. The molecule has 0 N–H and O–H groups in total. The van der Waals surface area contributed by atoms with Gasteiger partial charge in [0.2, 0.25) is 5.88 Å². The molecule has 0 aliphatic rings. The number of benzene rings is 1. The highest BCUT2D eigenvalue weighted by Gasteiger charge is 2.08. The summed E-state index contributed by atoms with van der Waals surface area (Å²) in [5.74, 6) is 0.592. The van der Waals surface area contributed by atoms with E-state index in [2.05, 4.69) is 52.8 Å². The van der Waals surface area contributed by atoms with Gasteiger partial charge in [-0.2, -0.15) is 0 Å². The van der Waals surface area contributed by atoms with Crippen LogP contribution in [0.5, 0.6) is 11.6 Å². The fourth-order valence-corrected chi connectivity index (χ4v) is 2.64. The van der Waals surface area contributed by atoms with Crippen LogP contribution < -0.4 is 4.74 Å². The first-order valence-electron chi connectivity index (χ1n) is 4.50. The van der Waals surface area contributed by atoms with Crippen LogP contribution in [0, 0.1) is 5.82 Å². The maximum absolute atomic E-state index is 12.9. The summed E-state index contributed by atoms with van der Waals surface area (Å²) >= 11 is 9.86. The quantitative estimate of drug-likeness (QED) is 0.651. The molecular formula is C11H5Br3FNO. The number of pyridine rings is 1. The first kappa shape index (κ1) is 13.0. The predicted octanol–water partition coefficient (Wildman–Crippen LogP) is 5.30. The third kappa shape index (κ3) is 3.26. The monoisotopic (exact) mass is 423 g/mol. The SMILES string of the molecule is Fc1ccc(Oc2ncc(Br)cc2Br)c(Br)c1. The molecule has 0 saturated heterocycles. The lowest BCUT2D eigenvalue weighted by Gasteiger charge is -2.08. The van der Waals surface area contributed by atoms with Gasteiger partial charge in [0.15, 0.2) is 0 Å². The fraction of sp³-hybridized carbons (Fsp3) is 0. The molecule has 0 fully saturated rings. The first-order valence-corrected chi connectivity index (χ1v) is 6.88.